The van der Waals surface area contributed by atoms with Crippen LogP contribution < -0.4 is 5.73 Å². The standard InChI is InChI=1S/C17H19F3N4O/c1-11-9-13(21)5-7-23(11)16(25)12-3-2-4-14(10-12)24-8-6-15(22-24)17(18,19)20/h2-4,6,8,10-11,13H,5,7,9,21H2,1H3/t11-,13-/m1/s1. The van der Waals surface area contributed by atoms with Gasteiger partial charge < -0.3 is 10.6 Å². The molecule has 0 bridgehead atoms. The Hall–Kier alpha value is -2.35. The van der Waals surface area contributed by atoms with Crippen molar-refractivity contribution in [1.29, 1.82) is 0 Å². The van der Waals surface area contributed by atoms with E-state index in [9.17, 15) is 18.0 Å². The van der Waals surface area contributed by atoms with Gasteiger partial charge in [0.2, 0.25) is 0 Å². The largest absolute Gasteiger partial charge is 0.435 e. The molecule has 0 spiro atoms. The summed E-state index contributed by atoms with van der Waals surface area (Å²) in [6.07, 6.45) is -1.79. The van der Waals surface area contributed by atoms with Crippen molar-refractivity contribution < 1.29 is 18.0 Å². The predicted octanol–water partition coefficient (Wildman–Crippen LogP) is 2.84. The number of alkyl halides is 3. The highest BCUT2D eigenvalue weighted by molar-refractivity contribution is 5.95. The van der Waals surface area contributed by atoms with E-state index in [1.54, 1.807) is 29.2 Å². The average molecular weight is 352 g/mol. The Bertz CT molecular complexity index is 771. The van der Waals surface area contributed by atoms with Crippen LogP contribution in [-0.4, -0.2) is 39.2 Å². The van der Waals surface area contributed by atoms with Gasteiger partial charge >= 0.3 is 6.18 Å². The Kier molecular flexibility index (Phi) is 4.55. The molecule has 1 fully saturated rings. The maximum absolute atomic E-state index is 12.7. The molecule has 1 aliphatic rings. The number of nitrogens with zero attached hydrogens (tertiary/aromatic N) is 3. The average Bonchev–Trinajstić information content (AvgIpc) is 3.05. The van der Waals surface area contributed by atoms with Gasteiger partial charge in [-0.3, -0.25) is 4.79 Å². The molecule has 8 heteroatoms. The topological polar surface area (TPSA) is 64.2 Å². The number of aromatic nitrogens is 2. The number of likely N-dealkylation sites (tertiary alicyclic amines) is 1. The zero-order valence-corrected chi connectivity index (χ0v) is 13.7. The van der Waals surface area contributed by atoms with Gasteiger partial charge in [0.25, 0.3) is 5.91 Å². The second-order valence-corrected chi connectivity index (χ2v) is 6.33. The number of hydrogen-bond acceptors (Lipinski definition) is 3. The molecule has 2 atom stereocenters. The number of hydrogen-bond donors (Lipinski definition) is 1. The lowest BCUT2D eigenvalue weighted by Crippen LogP contribution is -2.48. The molecular weight excluding hydrogens is 333 g/mol. The fourth-order valence-electron chi connectivity index (χ4n) is 3.08. The molecule has 1 amide bonds. The lowest BCUT2D eigenvalue weighted by molar-refractivity contribution is -0.141. The predicted molar refractivity (Wildman–Crippen MR) is 86.3 cm³/mol. The molecule has 1 aromatic heterocycles. The Labute approximate surface area is 143 Å². The molecule has 25 heavy (non-hydrogen) atoms. The van der Waals surface area contributed by atoms with Crippen LogP contribution in [-0.2, 0) is 6.18 Å². The summed E-state index contributed by atoms with van der Waals surface area (Å²) in [5.74, 6) is -0.149. The summed E-state index contributed by atoms with van der Waals surface area (Å²) in [5.41, 5.74) is 5.78. The molecule has 0 unspecified atom stereocenters. The quantitative estimate of drug-likeness (QED) is 0.904. The molecule has 0 aliphatic carbocycles. The van der Waals surface area contributed by atoms with Gasteiger partial charge in [-0.05, 0) is 44.0 Å². The number of rotatable bonds is 2. The Morgan fingerprint density at radius 1 is 1.32 bits per heavy atom. The summed E-state index contributed by atoms with van der Waals surface area (Å²) >= 11 is 0. The SMILES string of the molecule is C[C@@H]1C[C@H](N)CCN1C(=O)c1cccc(-n2ccc(C(F)(F)F)n2)c1. The van der Waals surface area contributed by atoms with E-state index in [0.29, 0.717) is 17.8 Å². The summed E-state index contributed by atoms with van der Waals surface area (Å²) < 4.78 is 39.2. The Balaban J connectivity index is 1.84. The number of nitrogens with two attached hydrogens (primary N) is 1. The van der Waals surface area contributed by atoms with Crippen molar-refractivity contribution in [1.82, 2.24) is 14.7 Å². The number of carbonyl (C=O) groups excluding carboxylic acids is 1. The first-order chi connectivity index (χ1) is 11.8. The first kappa shape index (κ1) is 17.5. The van der Waals surface area contributed by atoms with E-state index < -0.39 is 11.9 Å². The minimum atomic E-state index is -4.50. The van der Waals surface area contributed by atoms with Gasteiger partial charge in [0, 0.05) is 30.4 Å². The zero-order valence-electron chi connectivity index (χ0n) is 13.7. The van der Waals surface area contributed by atoms with E-state index in [-0.39, 0.29) is 18.0 Å². The van der Waals surface area contributed by atoms with Crippen LogP contribution in [0, 0.1) is 0 Å². The highest BCUT2D eigenvalue weighted by Gasteiger charge is 2.33. The normalized spacial score (nSPS) is 21.4. The summed E-state index contributed by atoms with van der Waals surface area (Å²) in [6.45, 7) is 2.52. The second-order valence-electron chi connectivity index (χ2n) is 6.33. The van der Waals surface area contributed by atoms with Gasteiger partial charge in [-0.2, -0.15) is 18.3 Å². The van der Waals surface area contributed by atoms with Crippen molar-refractivity contribution in [3.05, 3.63) is 47.8 Å². The van der Waals surface area contributed by atoms with Crippen molar-refractivity contribution in [2.24, 2.45) is 5.73 Å². The summed E-state index contributed by atoms with van der Waals surface area (Å²) in [6, 6.07) is 7.48. The van der Waals surface area contributed by atoms with Gasteiger partial charge in [0.1, 0.15) is 0 Å². The molecular formula is C17H19F3N4O. The molecule has 1 aliphatic heterocycles. The third kappa shape index (κ3) is 3.68. The lowest BCUT2D eigenvalue weighted by Gasteiger charge is -2.36. The molecule has 1 saturated heterocycles. The van der Waals surface area contributed by atoms with Gasteiger partial charge in [0.05, 0.1) is 5.69 Å². The minimum Gasteiger partial charge on any atom is -0.336 e. The molecule has 2 aromatic rings. The minimum absolute atomic E-state index is 0.0291. The number of amides is 1. The third-order valence-electron chi connectivity index (χ3n) is 4.41. The first-order valence-electron chi connectivity index (χ1n) is 8.05. The van der Waals surface area contributed by atoms with E-state index in [1.165, 1.54) is 6.20 Å². The van der Waals surface area contributed by atoms with Crippen LogP contribution in [0.1, 0.15) is 35.8 Å². The van der Waals surface area contributed by atoms with E-state index >= 15 is 0 Å². The van der Waals surface area contributed by atoms with E-state index in [4.69, 9.17) is 5.73 Å². The summed E-state index contributed by atoms with van der Waals surface area (Å²) in [5, 5.41) is 3.54. The fourth-order valence-corrected chi connectivity index (χ4v) is 3.08. The van der Waals surface area contributed by atoms with Crippen molar-refractivity contribution in [2.75, 3.05) is 6.54 Å². The molecule has 2 heterocycles. The highest BCUT2D eigenvalue weighted by Crippen LogP contribution is 2.28. The van der Waals surface area contributed by atoms with Crippen LogP contribution in [0.5, 0.6) is 0 Å². The van der Waals surface area contributed by atoms with Crippen LogP contribution in [0.15, 0.2) is 36.5 Å². The van der Waals surface area contributed by atoms with Gasteiger partial charge in [-0.1, -0.05) is 6.07 Å². The number of benzene rings is 1. The van der Waals surface area contributed by atoms with Gasteiger partial charge in [-0.15, -0.1) is 0 Å². The van der Waals surface area contributed by atoms with Crippen LogP contribution in [0.25, 0.3) is 5.69 Å². The van der Waals surface area contributed by atoms with Crippen LogP contribution >= 0.6 is 0 Å². The fraction of sp³-hybridized carbons (Fsp3) is 0.412. The van der Waals surface area contributed by atoms with Crippen molar-refractivity contribution >= 4 is 5.91 Å². The van der Waals surface area contributed by atoms with E-state index in [1.807, 2.05) is 6.92 Å². The summed E-state index contributed by atoms with van der Waals surface area (Å²) in [7, 11) is 0. The number of carbonyl (C=O) groups is 1. The number of halogens is 3. The first-order valence-corrected chi connectivity index (χ1v) is 8.05. The Morgan fingerprint density at radius 3 is 2.72 bits per heavy atom. The molecule has 0 saturated carbocycles. The molecule has 5 nitrogen and oxygen atoms in total. The van der Waals surface area contributed by atoms with Gasteiger partial charge in [-0.25, -0.2) is 4.68 Å². The monoisotopic (exact) mass is 352 g/mol. The summed E-state index contributed by atoms with van der Waals surface area (Å²) in [4.78, 5) is 14.5. The molecule has 2 N–H and O–H groups in total. The Morgan fingerprint density at radius 2 is 2.08 bits per heavy atom. The zero-order chi connectivity index (χ0) is 18.2. The smallest absolute Gasteiger partial charge is 0.336 e. The molecule has 3 rings (SSSR count). The third-order valence-corrected chi connectivity index (χ3v) is 4.41. The molecule has 1 aromatic carbocycles. The van der Waals surface area contributed by atoms with Crippen molar-refractivity contribution in [2.45, 2.75) is 38.0 Å². The lowest BCUT2D eigenvalue weighted by atomic mass is 9.98. The van der Waals surface area contributed by atoms with Crippen molar-refractivity contribution in [3.8, 4) is 5.69 Å². The molecule has 0 radical (unpaired) electrons. The molecule has 134 valence electrons. The second kappa shape index (κ2) is 6.51. The maximum Gasteiger partial charge on any atom is 0.435 e. The number of piperidine rings is 1. The van der Waals surface area contributed by atoms with Crippen LogP contribution in [0.2, 0.25) is 0 Å². The van der Waals surface area contributed by atoms with Crippen LogP contribution in [0.3, 0.4) is 0 Å². The highest BCUT2D eigenvalue weighted by atomic mass is 19.4. The van der Waals surface area contributed by atoms with Gasteiger partial charge in [0.15, 0.2) is 5.69 Å². The maximum atomic E-state index is 12.7. The van der Waals surface area contributed by atoms with Crippen LogP contribution in [0.4, 0.5) is 13.2 Å². The van der Waals surface area contributed by atoms with E-state index in [0.717, 1.165) is 23.6 Å². The van der Waals surface area contributed by atoms with E-state index in [2.05, 4.69) is 5.10 Å². The van der Waals surface area contributed by atoms with Crippen molar-refractivity contribution in [3.63, 3.8) is 0 Å².